The Bertz CT molecular complexity index is 644. The zero-order valence-corrected chi connectivity index (χ0v) is 17.6. The summed E-state index contributed by atoms with van der Waals surface area (Å²) in [6, 6.07) is 8.74. The number of carbonyl (C=O) groups is 2. The summed E-state index contributed by atoms with van der Waals surface area (Å²) in [6.07, 6.45) is -0.0640. The van der Waals surface area contributed by atoms with Crippen LogP contribution in [-0.4, -0.2) is 41.9 Å². The van der Waals surface area contributed by atoms with Gasteiger partial charge in [0.2, 0.25) is 0 Å². The SMILES string of the molecule is CCOC(=O)[C@@H](CC/C(CCl)=N/OCc1ccccc1)NC(=O)OC(C)(C)C. The number of carbonyl (C=O) groups excluding carboxylic acids is 2. The number of hydrogen-bond donors (Lipinski definition) is 1. The molecule has 28 heavy (non-hydrogen) atoms. The number of ether oxygens (including phenoxy) is 2. The van der Waals surface area contributed by atoms with Crippen LogP contribution in [0.1, 0.15) is 46.1 Å². The van der Waals surface area contributed by atoms with Crippen LogP contribution in [0.3, 0.4) is 0 Å². The highest BCUT2D eigenvalue weighted by Crippen LogP contribution is 2.10. The molecule has 1 rings (SSSR count). The van der Waals surface area contributed by atoms with Crippen LogP contribution >= 0.6 is 11.6 Å². The lowest BCUT2D eigenvalue weighted by atomic mass is 10.1. The van der Waals surface area contributed by atoms with E-state index in [1.165, 1.54) is 0 Å². The topological polar surface area (TPSA) is 86.2 Å². The standard InChI is InChI=1S/C20H29ClN2O5/c1-5-26-18(24)17(22-19(25)28-20(2,3)4)12-11-16(13-21)23-27-14-15-9-7-6-8-10-15/h6-10,17H,5,11-14H2,1-4H3,(H,22,25)/b23-16-/t17-/m1/s1. The molecular weight excluding hydrogens is 384 g/mol. The first kappa shape index (κ1) is 23.8. The second kappa shape index (κ2) is 12.2. The van der Waals surface area contributed by atoms with E-state index in [1.807, 2.05) is 30.3 Å². The zero-order chi connectivity index (χ0) is 21.0. The van der Waals surface area contributed by atoms with Gasteiger partial charge in [0.1, 0.15) is 18.2 Å². The molecule has 1 amide bonds. The van der Waals surface area contributed by atoms with E-state index in [0.29, 0.717) is 18.7 Å². The molecule has 0 aliphatic carbocycles. The molecule has 156 valence electrons. The first-order valence-electron chi connectivity index (χ1n) is 9.19. The van der Waals surface area contributed by atoms with E-state index in [2.05, 4.69) is 10.5 Å². The normalized spacial score (nSPS) is 12.8. The highest BCUT2D eigenvalue weighted by atomic mass is 35.5. The maximum Gasteiger partial charge on any atom is 0.408 e. The van der Waals surface area contributed by atoms with Gasteiger partial charge in [0.15, 0.2) is 0 Å². The molecule has 0 saturated heterocycles. The predicted octanol–water partition coefficient (Wildman–Crippen LogP) is 4.03. The molecule has 1 atom stereocenters. The summed E-state index contributed by atoms with van der Waals surface area (Å²) in [4.78, 5) is 29.5. The smallest absolute Gasteiger partial charge is 0.408 e. The second-order valence-electron chi connectivity index (χ2n) is 7.04. The van der Waals surface area contributed by atoms with Gasteiger partial charge in [0.05, 0.1) is 18.2 Å². The van der Waals surface area contributed by atoms with Crippen LogP contribution in [0.5, 0.6) is 0 Å². The molecule has 0 aliphatic heterocycles. The van der Waals surface area contributed by atoms with Crippen LogP contribution in [0, 0.1) is 0 Å². The molecule has 0 fully saturated rings. The summed E-state index contributed by atoms with van der Waals surface area (Å²) in [7, 11) is 0. The van der Waals surface area contributed by atoms with Crippen molar-refractivity contribution in [1.29, 1.82) is 0 Å². The van der Waals surface area contributed by atoms with Gasteiger partial charge in [-0.25, -0.2) is 9.59 Å². The number of esters is 1. The number of nitrogens with one attached hydrogen (secondary N) is 1. The van der Waals surface area contributed by atoms with Crippen LogP contribution < -0.4 is 5.32 Å². The number of alkyl carbamates (subject to hydrolysis) is 1. The monoisotopic (exact) mass is 412 g/mol. The van der Waals surface area contributed by atoms with Gasteiger partial charge < -0.3 is 19.6 Å². The Kier molecular flexibility index (Phi) is 10.4. The third kappa shape index (κ3) is 10.2. The summed E-state index contributed by atoms with van der Waals surface area (Å²) in [6.45, 7) is 7.46. The van der Waals surface area contributed by atoms with Crippen LogP contribution in [-0.2, 0) is 25.7 Å². The van der Waals surface area contributed by atoms with Gasteiger partial charge in [-0.2, -0.15) is 0 Å². The fraction of sp³-hybridized carbons (Fsp3) is 0.550. The van der Waals surface area contributed by atoms with Crippen molar-refractivity contribution in [3.05, 3.63) is 35.9 Å². The Labute approximate surface area is 171 Å². The van der Waals surface area contributed by atoms with E-state index in [-0.39, 0.29) is 18.9 Å². The summed E-state index contributed by atoms with van der Waals surface area (Å²) in [5.74, 6) is -0.385. The third-order valence-corrected chi connectivity index (χ3v) is 3.71. The van der Waals surface area contributed by atoms with Gasteiger partial charge >= 0.3 is 12.1 Å². The van der Waals surface area contributed by atoms with Gasteiger partial charge in [-0.3, -0.25) is 0 Å². The number of halogens is 1. The van der Waals surface area contributed by atoms with Crippen LogP contribution in [0.2, 0.25) is 0 Å². The average molecular weight is 413 g/mol. The minimum Gasteiger partial charge on any atom is -0.464 e. The molecule has 1 aromatic rings. The Hall–Kier alpha value is -2.28. The molecule has 1 N–H and O–H groups in total. The molecule has 0 aromatic heterocycles. The summed E-state index contributed by atoms with van der Waals surface area (Å²) >= 11 is 5.93. The number of rotatable bonds is 10. The van der Waals surface area contributed by atoms with Crippen molar-refractivity contribution in [2.24, 2.45) is 5.16 Å². The minimum atomic E-state index is -0.864. The highest BCUT2D eigenvalue weighted by molar-refractivity contribution is 6.28. The van der Waals surface area contributed by atoms with Crippen molar-refractivity contribution >= 4 is 29.4 Å². The molecule has 1 aromatic carbocycles. The van der Waals surface area contributed by atoms with Crippen molar-refractivity contribution in [3.8, 4) is 0 Å². The van der Waals surface area contributed by atoms with Gasteiger partial charge in [-0.15, -0.1) is 11.6 Å². The third-order valence-electron chi connectivity index (χ3n) is 3.41. The molecule has 8 heteroatoms. The Morgan fingerprint density at radius 1 is 1.21 bits per heavy atom. The molecule has 0 bridgehead atoms. The van der Waals surface area contributed by atoms with Gasteiger partial charge in [-0.1, -0.05) is 35.5 Å². The first-order valence-corrected chi connectivity index (χ1v) is 9.72. The fourth-order valence-corrected chi connectivity index (χ4v) is 2.34. The fourth-order valence-electron chi connectivity index (χ4n) is 2.16. The minimum absolute atomic E-state index is 0.150. The largest absolute Gasteiger partial charge is 0.464 e. The number of hydrogen-bond acceptors (Lipinski definition) is 6. The number of amides is 1. The quantitative estimate of drug-likeness (QED) is 0.271. The van der Waals surface area contributed by atoms with E-state index < -0.39 is 23.7 Å². The second-order valence-corrected chi connectivity index (χ2v) is 7.31. The molecule has 0 saturated carbocycles. The number of oxime groups is 1. The van der Waals surface area contributed by atoms with E-state index in [9.17, 15) is 9.59 Å². The number of nitrogens with zero attached hydrogens (tertiary/aromatic N) is 1. The zero-order valence-electron chi connectivity index (χ0n) is 16.9. The van der Waals surface area contributed by atoms with E-state index >= 15 is 0 Å². The maximum absolute atomic E-state index is 12.1. The van der Waals surface area contributed by atoms with Crippen LogP contribution in [0.4, 0.5) is 4.79 Å². The molecule has 0 aliphatic rings. The lowest BCUT2D eigenvalue weighted by Gasteiger charge is -2.22. The van der Waals surface area contributed by atoms with Gasteiger partial charge in [-0.05, 0) is 46.1 Å². The van der Waals surface area contributed by atoms with Crippen LogP contribution in [0.25, 0.3) is 0 Å². The molecule has 0 unspecified atom stereocenters. The molecule has 7 nitrogen and oxygen atoms in total. The van der Waals surface area contributed by atoms with Gasteiger partial charge in [0.25, 0.3) is 0 Å². The summed E-state index contributed by atoms with van der Waals surface area (Å²) < 4.78 is 10.2. The van der Waals surface area contributed by atoms with Crippen molar-refractivity contribution in [3.63, 3.8) is 0 Å². The maximum atomic E-state index is 12.1. The van der Waals surface area contributed by atoms with E-state index in [1.54, 1.807) is 27.7 Å². The molecular formula is C20H29ClN2O5. The van der Waals surface area contributed by atoms with Gasteiger partial charge in [0, 0.05) is 0 Å². The summed E-state index contributed by atoms with van der Waals surface area (Å²) in [5.41, 5.74) is 0.881. The summed E-state index contributed by atoms with van der Waals surface area (Å²) in [5, 5.41) is 6.59. The van der Waals surface area contributed by atoms with Crippen molar-refractivity contribution in [2.45, 2.75) is 58.8 Å². The molecule has 0 radical (unpaired) electrons. The molecule has 0 spiro atoms. The van der Waals surface area contributed by atoms with E-state index in [4.69, 9.17) is 25.9 Å². The number of alkyl halides is 1. The predicted molar refractivity (Wildman–Crippen MR) is 108 cm³/mol. The Balaban J connectivity index is 2.63. The van der Waals surface area contributed by atoms with Crippen molar-refractivity contribution in [1.82, 2.24) is 5.32 Å². The average Bonchev–Trinajstić information content (AvgIpc) is 2.62. The van der Waals surface area contributed by atoms with Crippen molar-refractivity contribution < 1.29 is 23.9 Å². The van der Waals surface area contributed by atoms with E-state index in [0.717, 1.165) is 5.56 Å². The highest BCUT2D eigenvalue weighted by Gasteiger charge is 2.25. The molecule has 0 heterocycles. The number of benzene rings is 1. The van der Waals surface area contributed by atoms with Crippen molar-refractivity contribution in [2.75, 3.05) is 12.5 Å². The lowest BCUT2D eigenvalue weighted by Crippen LogP contribution is -2.44. The Morgan fingerprint density at radius 3 is 2.46 bits per heavy atom. The van der Waals surface area contributed by atoms with Crippen LogP contribution in [0.15, 0.2) is 35.5 Å². The Morgan fingerprint density at radius 2 is 1.89 bits per heavy atom. The first-order chi connectivity index (χ1) is 13.2. The lowest BCUT2D eigenvalue weighted by molar-refractivity contribution is -0.145.